The summed E-state index contributed by atoms with van der Waals surface area (Å²) in [5, 5.41) is 18.9. The lowest BCUT2D eigenvalue weighted by molar-refractivity contribution is -0.120. The van der Waals surface area contributed by atoms with Crippen molar-refractivity contribution in [3.8, 4) is 11.5 Å². The number of phenols is 1. The summed E-state index contributed by atoms with van der Waals surface area (Å²) < 4.78 is 5.39. The molecule has 0 saturated carbocycles. The largest absolute Gasteiger partial charge is 0.503 e. The van der Waals surface area contributed by atoms with Crippen molar-refractivity contribution in [3.05, 3.63) is 48.7 Å². The zero-order valence-corrected chi connectivity index (χ0v) is 13.9. The molecule has 0 fully saturated rings. The van der Waals surface area contributed by atoms with Gasteiger partial charge in [0.2, 0.25) is 5.91 Å². The van der Waals surface area contributed by atoms with Crippen molar-refractivity contribution in [2.24, 2.45) is 5.10 Å². The minimum atomic E-state index is -0.756. The fourth-order valence-electron chi connectivity index (χ4n) is 1.69. The monoisotopic (exact) mass is 397 g/mol. The maximum atomic E-state index is 11.7. The van der Waals surface area contributed by atoms with Gasteiger partial charge in [-0.3, -0.25) is 14.6 Å². The molecular weight excluding hydrogens is 386 g/mol. The van der Waals surface area contributed by atoms with Gasteiger partial charge >= 0.3 is 5.69 Å². The van der Waals surface area contributed by atoms with E-state index >= 15 is 0 Å². The molecule has 0 atom stereocenters. The normalized spacial score (nSPS) is 10.8. The van der Waals surface area contributed by atoms with Gasteiger partial charge in [-0.2, -0.15) is 10.2 Å². The van der Waals surface area contributed by atoms with Crippen LogP contribution in [0.5, 0.6) is 11.5 Å². The van der Waals surface area contributed by atoms with Gasteiger partial charge in [0.25, 0.3) is 5.56 Å². The van der Waals surface area contributed by atoms with E-state index in [2.05, 4.69) is 31.6 Å². The Morgan fingerprint density at radius 3 is 2.92 bits per heavy atom. The van der Waals surface area contributed by atoms with Crippen LogP contribution in [0.15, 0.2) is 31.3 Å². The zero-order chi connectivity index (χ0) is 17.7. The first-order chi connectivity index (χ1) is 11.4. The minimum absolute atomic E-state index is 0.0537. The average Bonchev–Trinajstić information content (AvgIpc) is 2.53. The number of amides is 1. The second kappa shape index (κ2) is 7.55. The van der Waals surface area contributed by atoms with Crippen LogP contribution in [0.2, 0.25) is 0 Å². The highest BCUT2D eigenvalue weighted by atomic mass is 79.9. The van der Waals surface area contributed by atoms with Crippen LogP contribution >= 0.6 is 15.9 Å². The van der Waals surface area contributed by atoms with Crippen LogP contribution in [0.4, 0.5) is 0 Å². The van der Waals surface area contributed by atoms with Crippen LogP contribution < -0.4 is 21.4 Å². The molecule has 1 heterocycles. The van der Waals surface area contributed by atoms with E-state index in [-0.39, 0.29) is 23.6 Å². The predicted molar refractivity (Wildman–Crippen MR) is 87.3 cm³/mol. The van der Waals surface area contributed by atoms with E-state index in [1.165, 1.54) is 19.4 Å². The van der Waals surface area contributed by atoms with Gasteiger partial charge in [0, 0.05) is 0 Å². The minimum Gasteiger partial charge on any atom is -0.503 e. The van der Waals surface area contributed by atoms with Gasteiger partial charge in [-0.05, 0) is 33.6 Å². The van der Waals surface area contributed by atoms with Gasteiger partial charge in [-0.1, -0.05) is 0 Å². The number of benzene rings is 1. The van der Waals surface area contributed by atoms with Gasteiger partial charge in [-0.15, -0.1) is 0 Å². The number of nitrogens with zero attached hydrogens (tertiary/aromatic N) is 2. The fourth-order valence-corrected chi connectivity index (χ4v) is 2.15. The number of hydrogen-bond acceptors (Lipinski definition) is 7. The van der Waals surface area contributed by atoms with Crippen molar-refractivity contribution < 1.29 is 14.6 Å². The molecule has 0 bridgehead atoms. The number of halogens is 1. The SMILES string of the molecule is COc1cc(C=NNC(=O)Cc2n[nH]c(=O)[nH]c2=O)cc(Br)c1O. The van der Waals surface area contributed by atoms with Gasteiger partial charge in [0.1, 0.15) is 5.69 Å². The van der Waals surface area contributed by atoms with Crippen LogP contribution in [-0.4, -0.2) is 39.5 Å². The highest BCUT2D eigenvalue weighted by Gasteiger charge is 2.09. The summed E-state index contributed by atoms with van der Waals surface area (Å²) in [6, 6.07) is 3.09. The Hall–Kier alpha value is -2.95. The second-order valence-electron chi connectivity index (χ2n) is 4.48. The molecule has 0 aliphatic carbocycles. The lowest BCUT2D eigenvalue weighted by atomic mass is 10.2. The molecule has 0 aliphatic heterocycles. The van der Waals surface area contributed by atoms with Crippen molar-refractivity contribution >= 4 is 28.1 Å². The van der Waals surface area contributed by atoms with Crippen LogP contribution in [0.25, 0.3) is 0 Å². The molecule has 11 heteroatoms. The van der Waals surface area contributed by atoms with Gasteiger partial charge in [0.05, 0.1) is 24.2 Å². The van der Waals surface area contributed by atoms with E-state index in [0.29, 0.717) is 10.0 Å². The smallest absolute Gasteiger partial charge is 0.342 e. The molecule has 0 radical (unpaired) electrons. The number of phenolic OH excluding ortho intramolecular Hbond substituents is 1. The van der Waals surface area contributed by atoms with E-state index < -0.39 is 17.2 Å². The first-order valence-electron chi connectivity index (χ1n) is 6.47. The Morgan fingerprint density at radius 2 is 2.25 bits per heavy atom. The third-order valence-electron chi connectivity index (χ3n) is 2.78. The highest BCUT2D eigenvalue weighted by Crippen LogP contribution is 2.34. The summed E-state index contributed by atoms with van der Waals surface area (Å²) >= 11 is 3.16. The van der Waals surface area contributed by atoms with Crippen LogP contribution in [-0.2, 0) is 11.2 Å². The molecule has 1 amide bonds. The quantitative estimate of drug-likeness (QED) is 0.399. The van der Waals surface area contributed by atoms with Crippen LogP contribution in [0.1, 0.15) is 11.3 Å². The number of carbonyl (C=O) groups is 1. The molecular formula is C13H12BrN5O5. The van der Waals surface area contributed by atoms with Crippen molar-refractivity contribution in [3.63, 3.8) is 0 Å². The molecule has 0 spiro atoms. The number of aromatic amines is 2. The third-order valence-corrected chi connectivity index (χ3v) is 3.39. The molecule has 0 saturated heterocycles. The topological polar surface area (TPSA) is 150 Å². The maximum Gasteiger partial charge on any atom is 0.342 e. The number of rotatable bonds is 5. The number of hydrazone groups is 1. The Labute approximate surface area is 142 Å². The number of hydrogen-bond donors (Lipinski definition) is 4. The number of H-pyrrole nitrogens is 2. The molecule has 0 aliphatic rings. The molecule has 126 valence electrons. The van der Waals surface area contributed by atoms with Crippen molar-refractivity contribution in [1.82, 2.24) is 20.6 Å². The standard InChI is InChI=1S/C13H12BrN5O5/c1-24-9-3-6(2-7(14)11(9)21)5-15-18-10(20)4-8-12(22)16-13(23)19-17-8/h2-3,5,21H,4H2,1H3,(H,18,20)(H2,16,19,22,23). The zero-order valence-electron chi connectivity index (χ0n) is 12.3. The second-order valence-corrected chi connectivity index (χ2v) is 5.33. The number of carbonyl (C=O) groups excluding carboxylic acids is 1. The first-order valence-corrected chi connectivity index (χ1v) is 7.26. The van der Waals surface area contributed by atoms with Crippen molar-refractivity contribution in [1.29, 1.82) is 0 Å². The van der Waals surface area contributed by atoms with Crippen LogP contribution in [0, 0.1) is 0 Å². The Morgan fingerprint density at radius 1 is 1.50 bits per heavy atom. The molecule has 1 aromatic heterocycles. The van der Waals surface area contributed by atoms with Crippen LogP contribution in [0.3, 0.4) is 0 Å². The number of ether oxygens (including phenoxy) is 1. The number of aromatic hydroxyl groups is 1. The number of nitrogens with one attached hydrogen (secondary N) is 3. The Balaban J connectivity index is 2.03. The summed E-state index contributed by atoms with van der Waals surface area (Å²) in [6.07, 6.45) is 0.973. The molecule has 0 unspecified atom stereocenters. The number of methoxy groups -OCH3 is 1. The summed E-state index contributed by atoms with van der Waals surface area (Å²) in [4.78, 5) is 35.9. The van der Waals surface area contributed by atoms with E-state index in [1.54, 1.807) is 6.07 Å². The summed E-state index contributed by atoms with van der Waals surface area (Å²) in [5.41, 5.74) is 1.13. The average molecular weight is 398 g/mol. The van der Waals surface area contributed by atoms with E-state index in [0.717, 1.165) is 0 Å². The molecule has 10 nitrogen and oxygen atoms in total. The Bertz CT molecular complexity index is 904. The lowest BCUT2D eigenvalue weighted by Gasteiger charge is -2.06. The van der Waals surface area contributed by atoms with E-state index in [4.69, 9.17) is 4.74 Å². The molecule has 24 heavy (non-hydrogen) atoms. The predicted octanol–water partition coefficient (Wildman–Crippen LogP) is -0.372. The molecule has 2 rings (SSSR count). The van der Waals surface area contributed by atoms with Gasteiger partial charge in [0.15, 0.2) is 11.5 Å². The van der Waals surface area contributed by atoms with Gasteiger partial charge < -0.3 is 9.84 Å². The highest BCUT2D eigenvalue weighted by molar-refractivity contribution is 9.10. The Kier molecular flexibility index (Phi) is 5.47. The third kappa shape index (κ3) is 4.29. The first kappa shape index (κ1) is 17.4. The lowest BCUT2D eigenvalue weighted by Crippen LogP contribution is -2.31. The van der Waals surface area contributed by atoms with Crippen molar-refractivity contribution in [2.45, 2.75) is 6.42 Å². The molecule has 1 aromatic carbocycles. The molecule has 4 N–H and O–H groups in total. The maximum absolute atomic E-state index is 11.7. The summed E-state index contributed by atoms with van der Waals surface area (Å²) in [7, 11) is 1.40. The summed E-state index contributed by atoms with van der Waals surface area (Å²) in [6.45, 7) is 0. The number of aromatic nitrogens is 3. The molecule has 2 aromatic rings. The fraction of sp³-hybridized carbons (Fsp3) is 0.154. The van der Waals surface area contributed by atoms with E-state index in [9.17, 15) is 19.5 Å². The summed E-state index contributed by atoms with van der Waals surface area (Å²) in [5.74, 6) is -0.413. The van der Waals surface area contributed by atoms with E-state index in [1.807, 2.05) is 10.1 Å². The van der Waals surface area contributed by atoms with Gasteiger partial charge in [-0.25, -0.2) is 15.3 Å². The van der Waals surface area contributed by atoms with Crippen molar-refractivity contribution in [2.75, 3.05) is 7.11 Å².